The van der Waals surface area contributed by atoms with E-state index in [1.165, 1.54) is 27.7 Å². The Kier molecular flexibility index (Phi) is 4.98. The third-order valence-electron chi connectivity index (χ3n) is 3.97. The number of aromatic nitrogens is 4. The van der Waals surface area contributed by atoms with Crippen LogP contribution in [0, 0.1) is 0 Å². The molecule has 3 aromatic heterocycles. The number of rotatable bonds is 6. The summed E-state index contributed by atoms with van der Waals surface area (Å²) in [5.41, 5.74) is 0.582. The number of carbonyl (C=O) groups excluding carboxylic acids is 1. The minimum absolute atomic E-state index is 0.0242. The van der Waals surface area contributed by atoms with E-state index < -0.39 is 0 Å². The number of para-hydroxylation sites is 1. The standard InChI is InChI=1S/C18H13BrN4O2S2/c1-2-9-22-16(25)11-5-3-4-6-12(11)23-17(22)20-21-18(23)26-10-13(24)14-7-8-15(19)27-14/h2-8H,1,9-10H2. The van der Waals surface area contributed by atoms with E-state index in [0.717, 1.165) is 9.30 Å². The van der Waals surface area contributed by atoms with Crippen molar-refractivity contribution in [2.75, 3.05) is 5.75 Å². The first-order valence-corrected chi connectivity index (χ1v) is 10.6. The molecule has 0 fully saturated rings. The second kappa shape index (κ2) is 7.41. The van der Waals surface area contributed by atoms with E-state index in [-0.39, 0.29) is 17.1 Å². The van der Waals surface area contributed by atoms with Crippen molar-refractivity contribution in [3.05, 3.63) is 68.1 Å². The lowest BCUT2D eigenvalue weighted by molar-refractivity contribution is 0.102. The summed E-state index contributed by atoms with van der Waals surface area (Å²) in [5.74, 6) is 0.700. The molecular formula is C18H13BrN4O2S2. The maximum atomic E-state index is 12.8. The van der Waals surface area contributed by atoms with Gasteiger partial charge in [-0.1, -0.05) is 30.0 Å². The normalized spacial score (nSPS) is 11.3. The Bertz CT molecular complexity index is 1240. The molecule has 0 saturated carbocycles. The van der Waals surface area contributed by atoms with Gasteiger partial charge < -0.3 is 0 Å². The van der Waals surface area contributed by atoms with Gasteiger partial charge in [0.25, 0.3) is 5.56 Å². The molecular weight excluding hydrogens is 448 g/mol. The Morgan fingerprint density at radius 2 is 2.07 bits per heavy atom. The monoisotopic (exact) mass is 460 g/mol. The predicted octanol–water partition coefficient (Wildman–Crippen LogP) is 4.03. The van der Waals surface area contributed by atoms with Crippen molar-refractivity contribution in [3.8, 4) is 0 Å². The fraction of sp³-hybridized carbons (Fsp3) is 0.111. The minimum atomic E-state index is -0.138. The smallest absolute Gasteiger partial charge is 0.263 e. The van der Waals surface area contributed by atoms with Crippen LogP contribution in [0.2, 0.25) is 0 Å². The number of benzene rings is 1. The van der Waals surface area contributed by atoms with Crippen LogP contribution in [-0.2, 0) is 6.54 Å². The molecule has 0 atom stereocenters. The molecule has 0 unspecified atom stereocenters. The molecule has 4 aromatic rings. The highest BCUT2D eigenvalue weighted by atomic mass is 79.9. The number of fused-ring (bicyclic) bond motifs is 3. The molecule has 0 bridgehead atoms. The molecule has 0 saturated heterocycles. The summed E-state index contributed by atoms with van der Waals surface area (Å²) in [4.78, 5) is 25.9. The highest BCUT2D eigenvalue weighted by molar-refractivity contribution is 9.11. The van der Waals surface area contributed by atoms with Crippen molar-refractivity contribution < 1.29 is 4.79 Å². The maximum absolute atomic E-state index is 12.8. The lowest BCUT2D eigenvalue weighted by Crippen LogP contribution is -2.22. The van der Waals surface area contributed by atoms with Gasteiger partial charge in [-0.3, -0.25) is 18.6 Å². The summed E-state index contributed by atoms with van der Waals surface area (Å²) in [7, 11) is 0. The number of thiophene rings is 1. The second-order valence-electron chi connectivity index (χ2n) is 5.66. The van der Waals surface area contributed by atoms with E-state index in [1.54, 1.807) is 18.2 Å². The molecule has 0 radical (unpaired) electrons. The largest absolute Gasteiger partial charge is 0.292 e. The first-order chi connectivity index (χ1) is 13.1. The van der Waals surface area contributed by atoms with Gasteiger partial charge in [0.15, 0.2) is 10.9 Å². The quantitative estimate of drug-likeness (QED) is 0.246. The first kappa shape index (κ1) is 18.1. The summed E-state index contributed by atoms with van der Waals surface area (Å²) in [5, 5.41) is 9.56. The highest BCUT2D eigenvalue weighted by Gasteiger charge is 2.17. The third kappa shape index (κ3) is 3.26. The van der Waals surface area contributed by atoms with Crippen LogP contribution in [0.1, 0.15) is 9.67 Å². The average molecular weight is 461 g/mol. The zero-order chi connectivity index (χ0) is 19.0. The second-order valence-corrected chi connectivity index (χ2v) is 9.06. The van der Waals surface area contributed by atoms with Crippen molar-refractivity contribution in [3.63, 3.8) is 0 Å². The molecule has 0 aliphatic heterocycles. The van der Waals surface area contributed by atoms with Crippen molar-refractivity contribution in [1.82, 2.24) is 19.2 Å². The number of halogens is 1. The molecule has 3 heterocycles. The van der Waals surface area contributed by atoms with Gasteiger partial charge >= 0.3 is 0 Å². The van der Waals surface area contributed by atoms with Gasteiger partial charge in [-0.25, -0.2) is 0 Å². The SMILES string of the molecule is C=CCn1c(=O)c2ccccc2n2c(SCC(=O)c3ccc(Br)s3)nnc12. The van der Waals surface area contributed by atoms with Crippen molar-refractivity contribution in [1.29, 1.82) is 0 Å². The third-order valence-corrected chi connectivity index (χ3v) is 6.56. The Balaban J connectivity index is 1.79. The zero-order valence-corrected chi connectivity index (χ0v) is 17.2. The molecule has 0 N–H and O–H groups in total. The van der Waals surface area contributed by atoms with Gasteiger partial charge in [0.05, 0.1) is 25.3 Å². The Labute approximate surface area is 170 Å². The van der Waals surface area contributed by atoms with Crippen LogP contribution in [0.25, 0.3) is 16.7 Å². The van der Waals surface area contributed by atoms with Crippen LogP contribution in [-0.4, -0.2) is 30.7 Å². The van der Waals surface area contributed by atoms with Crippen LogP contribution < -0.4 is 5.56 Å². The van der Waals surface area contributed by atoms with Crippen LogP contribution >= 0.6 is 39.0 Å². The molecule has 4 rings (SSSR count). The number of carbonyl (C=O) groups is 1. The topological polar surface area (TPSA) is 69.3 Å². The molecule has 27 heavy (non-hydrogen) atoms. The molecule has 136 valence electrons. The fourth-order valence-corrected chi connectivity index (χ4v) is 5.02. The first-order valence-electron chi connectivity index (χ1n) is 7.99. The number of Topliss-reactive ketones (excluding diaryl/α,β-unsaturated/α-hetero) is 1. The Morgan fingerprint density at radius 3 is 2.81 bits per heavy atom. The van der Waals surface area contributed by atoms with Gasteiger partial charge in [-0.15, -0.1) is 28.1 Å². The van der Waals surface area contributed by atoms with Gasteiger partial charge in [0.1, 0.15) is 0 Å². The number of hydrogen-bond acceptors (Lipinski definition) is 6. The van der Waals surface area contributed by atoms with Crippen molar-refractivity contribution >= 4 is 61.5 Å². The summed E-state index contributed by atoms with van der Waals surface area (Å²) in [6.07, 6.45) is 1.65. The fourth-order valence-electron chi connectivity index (χ4n) is 2.79. The van der Waals surface area contributed by atoms with E-state index in [4.69, 9.17) is 0 Å². The van der Waals surface area contributed by atoms with Crippen molar-refractivity contribution in [2.45, 2.75) is 11.7 Å². The summed E-state index contributed by atoms with van der Waals surface area (Å²) in [6.45, 7) is 4.05. The van der Waals surface area contributed by atoms with Crippen LogP contribution in [0.4, 0.5) is 0 Å². The summed E-state index contributed by atoms with van der Waals surface area (Å²) < 4.78 is 4.27. The van der Waals surface area contributed by atoms with E-state index in [2.05, 4.69) is 32.7 Å². The van der Waals surface area contributed by atoms with Gasteiger partial charge in [-0.05, 0) is 40.2 Å². The van der Waals surface area contributed by atoms with E-state index in [1.807, 2.05) is 28.7 Å². The molecule has 6 nitrogen and oxygen atoms in total. The number of ketones is 1. The number of hydrogen-bond donors (Lipinski definition) is 0. The molecule has 0 aliphatic carbocycles. The Morgan fingerprint density at radius 1 is 1.26 bits per heavy atom. The minimum Gasteiger partial charge on any atom is -0.292 e. The summed E-state index contributed by atoms with van der Waals surface area (Å²) in [6, 6.07) is 11.0. The Hall–Kier alpha value is -2.23. The van der Waals surface area contributed by atoms with E-state index in [0.29, 0.717) is 27.7 Å². The van der Waals surface area contributed by atoms with Crippen molar-refractivity contribution in [2.24, 2.45) is 0 Å². The number of nitrogens with zero attached hydrogens (tertiary/aromatic N) is 4. The van der Waals surface area contributed by atoms with E-state index >= 15 is 0 Å². The van der Waals surface area contributed by atoms with Crippen LogP contribution in [0.15, 0.2) is 62.8 Å². The van der Waals surface area contributed by atoms with E-state index in [9.17, 15) is 9.59 Å². The van der Waals surface area contributed by atoms with Crippen LogP contribution in [0.5, 0.6) is 0 Å². The molecule has 1 aromatic carbocycles. The van der Waals surface area contributed by atoms with Gasteiger partial charge in [-0.2, -0.15) is 0 Å². The zero-order valence-electron chi connectivity index (χ0n) is 14.0. The predicted molar refractivity (Wildman–Crippen MR) is 112 cm³/mol. The molecule has 0 amide bonds. The molecule has 0 spiro atoms. The van der Waals surface area contributed by atoms with Gasteiger partial charge in [0.2, 0.25) is 5.78 Å². The highest BCUT2D eigenvalue weighted by Crippen LogP contribution is 2.26. The lowest BCUT2D eigenvalue weighted by Gasteiger charge is -2.09. The molecule has 0 aliphatic rings. The summed E-state index contributed by atoms with van der Waals surface area (Å²) >= 11 is 6.08. The lowest BCUT2D eigenvalue weighted by atomic mass is 10.2. The van der Waals surface area contributed by atoms with Crippen LogP contribution in [0.3, 0.4) is 0 Å². The van der Waals surface area contributed by atoms with Gasteiger partial charge in [0, 0.05) is 6.54 Å². The average Bonchev–Trinajstić information content (AvgIpc) is 3.30. The number of allylic oxidation sites excluding steroid dienone is 1. The number of thioether (sulfide) groups is 1. The maximum Gasteiger partial charge on any atom is 0.263 e. The molecule has 9 heteroatoms.